The number of anilines is 2. The van der Waals surface area contributed by atoms with Gasteiger partial charge in [-0.05, 0) is 30.3 Å². The number of hydrogen-bond donors (Lipinski definition) is 2. The molecule has 0 aliphatic rings. The highest BCUT2D eigenvalue weighted by Crippen LogP contribution is 2.20. The maximum absolute atomic E-state index is 13.9. The molecule has 7 nitrogen and oxygen atoms in total. The molecule has 0 unspecified atom stereocenters. The van der Waals surface area contributed by atoms with Crippen molar-refractivity contribution in [2.45, 2.75) is 6.54 Å². The quantitative estimate of drug-likeness (QED) is 0.454. The Bertz CT molecular complexity index is 1390. The third-order valence-electron chi connectivity index (χ3n) is 4.85. The first-order valence-electron chi connectivity index (χ1n) is 10.2. The molecule has 0 bridgehead atoms. The number of amides is 2. The minimum absolute atomic E-state index is 0.104. The minimum Gasteiger partial charge on any atom is -0.320 e. The maximum atomic E-state index is 13.9. The summed E-state index contributed by atoms with van der Waals surface area (Å²) >= 11 is 0. The molecule has 0 aliphatic carbocycles. The summed E-state index contributed by atoms with van der Waals surface area (Å²) < 4.78 is 28.6. The molecule has 4 aromatic rings. The Morgan fingerprint density at radius 2 is 1.44 bits per heavy atom. The van der Waals surface area contributed by atoms with Gasteiger partial charge < -0.3 is 10.6 Å². The van der Waals surface area contributed by atoms with Crippen molar-refractivity contribution in [2.24, 2.45) is 0 Å². The highest BCUT2D eigenvalue weighted by molar-refractivity contribution is 6.04. The Balaban J connectivity index is 1.68. The Labute approximate surface area is 192 Å². The zero-order valence-corrected chi connectivity index (χ0v) is 17.7. The summed E-state index contributed by atoms with van der Waals surface area (Å²) in [5.74, 6) is -3.30. The van der Waals surface area contributed by atoms with Crippen LogP contribution in [0.4, 0.5) is 20.2 Å². The molecule has 0 saturated heterocycles. The van der Waals surface area contributed by atoms with Crippen molar-refractivity contribution in [2.75, 3.05) is 10.6 Å². The molecule has 34 heavy (non-hydrogen) atoms. The molecule has 4 rings (SSSR count). The molecule has 0 spiro atoms. The van der Waals surface area contributed by atoms with E-state index in [0.29, 0.717) is 16.8 Å². The standard InChI is InChI=1S/C25H18F2N4O3/c26-18-12-7-13-19(27)23(18)29-22(32)15-31-25(34)21(28-24(33)17-10-5-2-6-11-17)14-20(30-31)16-8-3-1-4-9-16/h1-14H,15H2,(H,28,33)(H,29,32). The van der Waals surface area contributed by atoms with Gasteiger partial charge in [-0.25, -0.2) is 13.5 Å². The first-order chi connectivity index (χ1) is 16.4. The summed E-state index contributed by atoms with van der Waals surface area (Å²) in [7, 11) is 0. The zero-order valence-electron chi connectivity index (χ0n) is 17.7. The van der Waals surface area contributed by atoms with Gasteiger partial charge in [0.2, 0.25) is 5.91 Å². The molecular formula is C25H18F2N4O3. The second-order valence-electron chi connectivity index (χ2n) is 7.24. The first kappa shape index (κ1) is 22.5. The molecule has 0 aliphatic heterocycles. The van der Waals surface area contributed by atoms with Crippen LogP contribution in [0.5, 0.6) is 0 Å². The van der Waals surface area contributed by atoms with Crippen LogP contribution in [0.2, 0.25) is 0 Å². The molecule has 9 heteroatoms. The Kier molecular flexibility index (Phi) is 6.54. The smallest absolute Gasteiger partial charge is 0.291 e. The van der Waals surface area contributed by atoms with Crippen LogP contribution in [-0.2, 0) is 11.3 Å². The van der Waals surface area contributed by atoms with Crippen LogP contribution in [0.25, 0.3) is 11.3 Å². The number of benzene rings is 3. The predicted molar refractivity (Wildman–Crippen MR) is 123 cm³/mol. The summed E-state index contributed by atoms with van der Waals surface area (Å²) in [5.41, 5.74) is -0.210. The lowest BCUT2D eigenvalue weighted by Crippen LogP contribution is -2.32. The van der Waals surface area contributed by atoms with Crippen molar-refractivity contribution in [3.05, 3.63) is 112 Å². The van der Waals surface area contributed by atoms with Gasteiger partial charge in [0, 0.05) is 11.1 Å². The van der Waals surface area contributed by atoms with Gasteiger partial charge in [0.25, 0.3) is 11.5 Å². The van der Waals surface area contributed by atoms with E-state index in [4.69, 9.17) is 0 Å². The topological polar surface area (TPSA) is 93.1 Å². The molecule has 1 heterocycles. The summed E-state index contributed by atoms with van der Waals surface area (Å²) in [5, 5.41) is 8.89. The predicted octanol–water partition coefficient (Wildman–Crippen LogP) is 4.08. The number of carbonyl (C=O) groups excluding carboxylic acids is 2. The number of hydrogen-bond acceptors (Lipinski definition) is 4. The van der Waals surface area contributed by atoms with Gasteiger partial charge in [0.05, 0.1) is 5.69 Å². The molecule has 2 N–H and O–H groups in total. The number of aromatic nitrogens is 2. The zero-order chi connectivity index (χ0) is 24.1. The van der Waals surface area contributed by atoms with E-state index in [9.17, 15) is 23.2 Å². The van der Waals surface area contributed by atoms with Crippen LogP contribution in [-0.4, -0.2) is 21.6 Å². The van der Waals surface area contributed by atoms with E-state index < -0.39 is 41.2 Å². The molecule has 0 fully saturated rings. The average Bonchev–Trinajstić information content (AvgIpc) is 2.85. The van der Waals surface area contributed by atoms with E-state index in [2.05, 4.69) is 15.7 Å². The largest absolute Gasteiger partial charge is 0.320 e. The van der Waals surface area contributed by atoms with E-state index in [1.54, 1.807) is 60.7 Å². The van der Waals surface area contributed by atoms with E-state index >= 15 is 0 Å². The Morgan fingerprint density at radius 3 is 2.09 bits per heavy atom. The lowest BCUT2D eigenvalue weighted by atomic mass is 10.1. The lowest BCUT2D eigenvalue weighted by molar-refractivity contribution is -0.117. The van der Waals surface area contributed by atoms with E-state index in [1.807, 2.05) is 0 Å². The van der Waals surface area contributed by atoms with Crippen LogP contribution in [0.3, 0.4) is 0 Å². The monoisotopic (exact) mass is 460 g/mol. The molecule has 170 valence electrons. The number of para-hydroxylation sites is 1. The molecule has 0 atom stereocenters. The fourth-order valence-electron chi connectivity index (χ4n) is 3.20. The van der Waals surface area contributed by atoms with Crippen molar-refractivity contribution in [3.63, 3.8) is 0 Å². The number of rotatable bonds is 6. The summed E-state index contributed by atoms with van der Waals surface area (Å²) in [6.07, 6.45) is 0. The van der Waals surface area contributed by atoms with E-state index in [0.717, 1.165) is 22.9 Å². The summed E-state index contributed by atoms with van der Waals surface area (Å²) in [6.45, 7) is -0.637. The Morgan fingerprint density at radius 1 is 0.824 bits per heavy atom. The second-order valence-corrected chi connectivity index (χ2v) is 7.24. The van der Waals surface area contributed by atoms with Crippen LogP contribution in [0.1, 0.15) is 10.4 Å². The normalized spacial score (nSPS) is 10.5. The minimum atomic E-state index is -0.956. The third kappa shape index (κ3) is 5.04. The van der Waals surface area contributed by atoms with Crippen molar-refractivity contribution in [1.29, 1.82) is 0 Å². The fraction of sp³-hybridized carbons (Fsp3) is 0.0400. The number of nitrogens with zero attached hydrogens (tertiary/aromatic N) is 2. The van der Waals surface area contributed by atoms with Crippen molar-refractivity contribution in [3.8, 4) is 11.3 Å². The average molecular weight is 460 g/mol. The lowest BCUT2D eigenvalue weighted by Gasteiger charge is -2.12. The third-order valence-corrected chi connectivity index (χ3v) is 4.85. The van der Waals surface area contributed by atoms with Crippen molar-refractivity contribution in [1.82, 2.24) is 9.78 Å². The van der Waals surface area contributed by atoms with Gasteiger partial charge in [-0.1, -0.05) is 54.6 Å². The van der Waals surface area contributed by atoms with Gasteiger partial charge in [-0.15, -0.1) is 0 Å². The summed E-state index contributed by atoms with van der Waals surface area (Å²) in [6, 6.07) is 21.7. The number of nitrogens with one attached hydrogen (secondary N) is 2. The van der Waals surface area contributed by atoms with E-state index in [1.165, 1.54) is 6.07 Å². The molecule has 3 aromatic carbocycles. The van der Waals surface area contributed by atoms with E-state index in [-0.39, 0.29) is 5.69 Å². The van der Waals surface area contributed by atoms with Crippen LogP contribution in [0.15, 0.2) is 89.7 Å². The van der Waals surface area contributed by atoms with Gasteiger partial charge in [-0.3, -0.25) is 14.4 Å². The SMILES string of the molecule is O=C(Cn1nc(-c2ccccc2)cc(NC(=O)c2ccccc2)c1=O)Nc1c(F)cccc1F. The highest BCUT2D eigenvalue weighted by Gasteiger charge is 2.17. The molecule has 1 aromatic heterocycles. The van der Waals surface area contributed by atoms with Crippen molar-refractivity contribution < 1.29 is 18.4 Å². The van der Waals surface area contributed by atoms with Gasteiger partial charge in [0.1, 0.15) is 29.6 Å². The molecular weight excluding hydrogens is 442 g/mol. The number of halogens is 2. The van der Waals surface area contributed by atoms with Gasteiger partial charge in [0.15, 0.2) is 0 Å². The first-order valence-corrected chi connectivity index (χ1v) is 10.2. The van der Waals surface area contributed by atoms with Crippen LogP contribution < -0.4 is 16.2 Å². The van der Waals surface area contributed by atoms with Crippen molar-refractivity contribution >= 4 is 23.2 Å². The van der Waals surface area contributed by atoms with Gasteiger partial charge in [-0.2, -0.15) is 5.10 Å². The molecule has 0 radical (unpaired) electrons. The summed E-state index contributed by atoms with van der Waals surface area (Å²) in [4.78, 5) is 38.1. The second kappa shape index (κ2) is 9.86. The van der Waals surface area contributed by atoms with Crippen LogP contribution >= 0.6 is 0 Å². The van der Waals surface area contributed by atoms with Crippen LogP contribution in [0, 0.1) is 11.6 Å². The fourth-order valence-corrected chi connectivity index (χ4v) is 3.20. The number of carbonyl (C=O) groups is 2. The Hall–Kier alpha value is -4.66. The molecule has 0 saturated carbocycles. The molecule has 2 amide bonds. The highest BCUT2D eigenvalue weighted by atomic mass is 19.1. The van der Waals surface area contributed by atoms with Gasteiger partial charge >= 0.3 is 0 Å². The maximum Gasteiger partial charge on any atom is 0.291 e.